The molecule has 6 heteroatoms. The topological polar surface area (TPSA) is 76.1 Å². The van der Waals surface area contributed by atoms with E-state index in [-0.39, 0.29) is 29.5 Å². The van der Waals surface area contributed by atoms with Gasteiger partial charge in [0, 0.05) is 31.5 Å². The van der Waals surface area contributed by atoms with Crippen molar-refractivity contribution in [1.29, 1.82) is 0 Å². The number of ether oxygens (including phenoxy) is 2. The Labute approximate surface area is 195 Å². The second-order valence-corrected chi connectivity index (χ2v) is 11.6. The maximum Gasteiger partial charge on any atom is 0.306 e. The number of Topliss-reactive ketones (excluding diaryl/α,β-unsaturated/α-hetero) is 1. The minimum atomic E-state index is -0.807. The van der Waals surface area contributed by atoms with E-state index in [1.165, 1.54) is 12.8 Å². The number of rotatable bonds is 6. The van der Waals surface area contributed by atoms with E-state index in [4.69, 9.17) is 9.47 Å². The molecule has 5 aliphatic rings. The van der Waals surface area contributed by atoms with Gasteiger partial charge >= 0.3 is 5.97 Å². The maximum atomic E-state index is 13.3. The van der Waals surface area contributed by atoms with E-state index in [0.717, 1.165) is 43.0 Å². The number of ketones is 1. The Morgan fingerprint density at radius 2 is 2.12 bits per heavy atom. The Bertz CT molecular complexity index is 1020. The molecular weight excluding hydrogens is 418 g/mol. The van der Waals surface area contributed by atoms with Crippen LogP contribution in [0.3, 0.4) is 0 Å². The van der Waals surface area contributed by atoms with Gasteiger partial charge in [0.1, 0.15) is 5.60 Å². The number of piperidine rings is 1. The second kappa shape index (κ2) is 7.21. The zero-order valence-electron chi connectivity index (χ0n) is 19.9. The number of benzene rings is 1. The van der Waals surface area contributed by atoms with E-state index in [1.54, 1.807) is 6.07 Å². The van der Waals surface area contributed by atoms with Crippen LogP contribution in [-0.2, 0) is 26.2 Å². The first kappa shape index (κ1) is 21.5. The second-order valence-electron chi connectivity index (χ2n) is 11.6. The van der Waals surface area contributed by atoms with Crippen molar-refractivity contribution in [2.24, 2.45) is 17.8 Å². The van der Waals surface area contributed by atoms with Crippen molar-refractivity contribution in [3.63, 3.8) is 0 Å². The number of carbonyl (C=O) groups excluding carboxylic acids is 2. The molecule has 0 radical (unpaired) electrons. The number of phenolic OH excluding ortho intramolecular Hbond substituents is 1. The minimum Gasteiger partial charge on any atom is -0.504 e. The summed E-state index contributed by atoms with van der Waals surface area (Å²) in [5.41, 5.74) is 0.527. The quantitative estimate of drug-likeness (QED) is 0.661. The smallest absolute Gasteiger partial charge is 0.306 e. The maximum absolute atomic E-state index is 13.3. The third kappa shape index (κ3) is 2.82. The third-order valence-corrected chi connectivity index (χ3v) is 9.11. The molecule has 0 amide bonds. The lowest BCUT2D eigenvalue weighted by molar-refractivity contribution is -0.227. The Morgan fingerprint density at radius 1 is 1.33 bits per heavy atom. The van der Waals surface area contributed by atoms with E-state index in [0.29, 0.717) is 30.9 Å². The predicted octanol–water partition coefficient (Wildman–Crippen LogP) is 3.76. The van der Waals surface area contributed by atoms with Crippen molar-refractivity contribution < 1.29 is 24.2 Å². The van der Waals surface area contributed by atoms with Crippen LogP contribution in [0.25, 0.3) is 0 Å². The lowest BCUT2D eigenvalue weighted by Crippen LogP contribution is -2.80. The fourth-order valence-electron chi connectivity index (χ4n) is 7.58. The molecule has 2 aliphatic heterocycles. The molecule has 6 rings (SSSR count). The highest BCUT2D eigenvalue weighted by Crippen LogP contribution is 2.67. The molecule has 1 N–H and O–H groups in total. The van der Waals surface area contributed by atoms with Crippen LogP contribution in [-0.4, -0.2) is 52.6 Å². The first-order chi connectivity index (χ1) is 15.8. The zero-order valence-corrected chi connectivity index (χ0v) is 19.9. The first-order valence-corrected chi connectivity index (χ1v) is 12.8. The van der Waals surface area contributed by atoms with E-state index in [9.17, 15) is 14.7 Å². The summed E-state index contributed by atoms with van der Waals surface area (Å²) >= 11 is 0. The van der Waals surface area contributed by atoms with E-state index < -0.39 is 17.1 Å². The molecule has 1 aromatic rings. The average Bonchev–Trinajstić information content (AvgIpc) is 3.50. The van der Waals surface area contributed by atoms with Crippen LogP contribution in [0, 0.1) is 17.8 Å². The highest BCUT2D eigenvalue weighted by Gasteiger charge is 2.77. The van der Waals surface area contributed by atoms with Gasteiger partial charge in [-0.15, -0.1) is 0 Å². The molecule has 2 heterocycles. The molecule has 1 aromatic carbocycles. The largest absolute Gasteiger partial charge is 0.504 e. The number of nitrogens with zero attached hydrogens (tertiary/aromatic N) is 1. The molecule has 3 aliphatic carbocycles. The van der Waals surface area contributed by atoms with Gasteiger partial charge in [-0.05, 0) is 61.5 Å². The molecule has 5 atom stereocenters. The standard InChI is InChI=1S/C27H35NO5/c1-15(2)4-9-22(31)33-26-11-10-20(30)25-27(26)16(3)13-28(14-17-5-6-17)21(26)12-18-7-8-19(29)24(32-25)23(18)27/h7-8,15-17,21,25,29H,4-6,9-14H2,1-3H3/t16-,21?,25-,26+,27-/m0/s1. The van der Waals surface area contributed by atoms with Gasteiger partial charge in [0.2, 0.25) is 0 Å². The number of phenols is 1. The van der Waals surface area contributed by atoms with E-state index in [2.05, 4.69) is 25.7 Å². The summed E-state index contributed by atoms with van der Waals surface area (Å²) in [6, 6.07) is 3.71. The Balaban J connectivity index is 1.53. The van der Waals surface area contributed by atoms with Crippen LogP contribution in [0.15, 0.2) is 12.1 Å². The SMILES string of the molecule is CC(C)CCC(=O)O[C@@]12CCC(=O)[C@@H]3Oc4c(O)ccc5c4[C@@]31[C@@H](C)CN(CC1CC1)C2C5. The number of likely N-dealkylation sites (tertiary alicyclic amines) is 1. The molecular formula is C27H35NO5. The molecule has 2 saturated carbocycles. The van der Waals surface area contributed by atoms with Crippen LogP contribution in [0.1, 0.15) is 70.4 Å². The van der Waals surface area contributed by atoms with Crippen molar-refractivity contribution >= 4 is 11.8 Å². The monoisotopic (exact) mass is 453 g/mol. The summed E-state index contributed by atoms with van der Waals surface area (Å²) in [6.45, 7) is 8.30. The molecule has 1 spiro atoms. The lowest BCUT2D eigenvalue weighted by atomic mass is 9.45. The fourth-order valence-corrected chi connectivity index (χ4v) is 7.58. The first-order valence-electron chi connectivity index (χ1n) is 12.8. The zero-order chi connectivity index (χ0) is 23.1. The predicted molar refractivity (Wildman–Crippen MR) is 122 cm³/mol. The summed E-state index contributed by atoms with van der Waals surface area (Å²) in [6.07, 6.45) is 4.63. The highest BCUT2D eigenvalue weighted by molar-refractivity contribution is 5.90. The van der Waals surface area contributed by atoms with Crippen molar-refractivity contribution in [2.45, 2.75) is 88.9 Å². The third-order valence-electron chi connectivity index (χ3n) is 9.11. The Morgan fingerprint density at radius 3 is 2.85 bits per heavy atom. The molecule has 0 aromatic heterocycles. The summed E-state index contributed by atoms with van der Waals surface area (Å²) in [5, 5.41) is 10.7. The highest BCUT2D eigenvalue weighted by atomic mass is 16.6. The van der Waals surface area contributed by atoms with Gasteiger partial charge in [0.25, 0.3) is 0 Å². The Kier molecular flexibility index (Phi) is 4.69. The molecule has 1 saturated heterocycles. The van der Waals surface area contributed by atoms with Crippen LogP contribution in [0.4, 0.5) is 0 Å². The number of hydrogen-bond donors (Lipinski definition) is 1. The summed E-state index contributed by atoms with van der Waals surface area (Å²) < 4.78 is 13.0. The molecule has 1 unspecified atom stereocenters. The molecule has 33 heavy (non-hydrogen) atoms. The summed E-state index contributed by atoms with van der Waals surface area (Å²) in [5.74, 6) is 1.61. The molecule has 2 bridgehead atoms. The molecule has 3 fully saturated rings. The average molecular weight is 454 g/mol. The minimum absolute atomic E-state index is 0.0273. The molecule has 178 valence electrons. The van der Waals surface area contributed by atoms with Crippen molar-refractivity contribution in [1.82, 2.24) is 4.90 Å². The van der Waals surface area contributed by atoms with Gasteiger partial charge in [0.15, 0.2) is 23.4 Å². The normalized spacial score (nSPS) is 36.5. The van der Waals surface area contributed by atoms with Crippen LogP contribution < -0.4 is 4.74 Å². The number of esters is 1. The van der Waals surface area contributed by atoms with Crippen LogP contribution in [0.2, 0.25) is 0 Å². The van der Waals surface area contributed by atoms with Crippen LogP contribution >= 0.6 is 0 Å². The van der Waals surface area contributed by atoms with Gasteiger partial charge < -0.3 is 14.6 Å². The van der Waals surface area contributed by atoms with E-state index in [1.807, 2.05) is 6.07 Å². The van der Waals surface area contributed by atoms with Gasteiger partial charge in [-0.25, -0.2) is 0 Å². The van der Waals surface area contributed by atoms with Gasteiger partial charge in [-0.2, -0.15) is 0 Å². The van der Waals surface area contributed by atoms with E-state index >= 15 is 0 Å². The number of hydrogen-bond acceptors (Lipinski definition) is 6. The summed E-state index contributed by atoms with van der Waals surface area (Å²) in [7, 11) is 0. The Hall–Kier alpha value is -2.08. The molecule has 6 nitrogen and oxygen atoms in total. The lowest BCUT2D eigenvalue weighted by Gasteiger charge is -2.66. The number of carbonyl (C=O) groups is 2. The van der Waals surface area contributed by atoms with Crippen molar-refractivity contribution in [3.05, 3.63) is 23.3 Å². The number of aromatic hydroxyl groups is 1. The van der Waals surface area contributed by atoms with Crippen LogP contribution in [0.5, 0.6) is 11.5 Å². The van der Waals surface area contributed by atoms with Gasteiger partial charge in [0.05, 0.1) is 11.5 Å². The summed E-state index contributed by atoms with van der Waals surface area (Å²) in [4.78, 5) is 29.2. The van der Waals surface area contributed by atoms with Gasteiger partial charge in [-0.1, -0.05) is 26.8 Å². The van der Waals surface area contributed by atoms with Gasteiger partial charge in [-0.3, -0.25) is 14.5 Å². The van der Waals surface area contributed by atoms with Crippen molar-refractivity contribution in [2.75, 3.05) is 13.1 Å². The fraction of sp³-hybridized carbons (Fsp3) is 0.704. The van der Waals surface area contributed by atoms with Crippen molar-refractivity contribution in [3.8, 4) is 11.5 Å².